The van der Waals surface area contributed by atoms with E-state index in [1.165, 1.54) is 13.3 Å². The van der Waals surface area contributed by atoms with Crippen LogP contribution < -0.4 is 19.9 Å². The first-order chi connectivity index (χ1) is 14.0. The molecule has 0 aromatic heterocycles. The van der Waals surface area contributed by atoms with Crippen LogP contribution in [0.5, 0.6) is 5.75 Å². The van der Waals surface area contributed by atoms with Gasteiger partial charge in [-0.05, 0) is 49.6 Å². The Hall–Kier alpha value is -2.73. The lowest BCUT2D eigenvalue weighted by atomic mass is 10.1. The molecule has 0 bridgehead atoms. The van der Waals surface area contributed by atoms with Crippen molar-refractivity contribution in [1.29, 1.82) is 0 Å². The number of amides is 2. The number of hydrogen-bond donors (Lipinski definition) is 1. The van der Waals surface area contributed by atoms with Crippen LogP contribution in [0.15, 0.2) is 42.5 Å². The van der Waals surface area contributed by atoms with E-state index in [4.69, 9.17) is 16.3 Å². The molecule has 1 N–H and O–H groups in total. The zero-order chi connectivity index (χ0) is 20.4. The Labute approximate surface area is 175 Å². The van der Waals surface area contributed by atoms with Crippen LogP contribution in [0.4, 0.5) is 17.1 Å². The van der Waals surface area contributed by atoms with Gasteiger partial charge in [-0.2, -0.15) is 0 Å². The van der Waals surface area contributed by atoms with E-state index >= 15 is 0 Å². The molecule has 0 spiro atoms. The summed E-state index contributed by atoms with van der Waals surface area (Å²) in [6, 6.07) is 12.8. The molecule has 2 aromatic rings. The van der Waals surface area contributed by atoms with E-state index in [9.17, 15) is 9.59 Å². The van der Waals surface area contributed by atoms with Crippen molar-refractivity contribution in [2.75, 3.05) is 34.8 Å². The average molecular weight is 414 g/mol. The lowest BCUT2D eigenvalue weighted by Gasteiger charge is -2.34. The summed E-state index contributed by atoms with van der Waals surface area (Å²) in [6.07, 6.45) is 2.68. The number of hydrogen-bond acceptors (Lipinski definition) is 4. The van der Waals surface area contributed by atoms with Crippen LogP contribution in [0.3, 0.4) is 0 Å². The van der Waals surface area contributed by atoms with Crippen molar-refractivity contribution >= 4 is 40.5 Å². The third-order valence-corrected chi connectivity index (χ3v) is 5.59. The molecule has 152 valence electrons. The van der Waals surface area contributed by atoms with Gasteiger partial charge in [0.05, 0.1) is 23.6 Å². The second kappa shape index (κ2) is 8.33. The number of carbonyl (C=O) groups excluding carboxylic acids is 2. The number of nitrogens with one attached hydrogen (secondary N) is 1. The number of ether oxygens (including phenoxy) is 1. The number of para-hydroxylation sites is 2. The summed E-state index contributed by atoms with van der Waals surface area (Å²) in [5.74, 6) is 0.0954. The Balaban J connectivity index is 1.57. The van der Waals surface area contributed by atoms with E-state index in [0.29, 0.717) is 22.1 Å². The molecule has 0 radical (unpaired) electrons. The number of carbonyl (C=O) groups is 2. The van der Waals surface area contributed by atoms with Crippen LogP contribution >= 0.6 is 11.6 Å². The van der Waals surface area contributed by atoms with Crippen LogP contribution in [-0.2, 0) is 9.59 Å². The molecule has 0 aliphatic carbocycles. The van der Waals surface area contributed by atoms with E-state index < -0.39 is 6.10 Å². The topological polar surface area (TPSA) is 61.9 Å². The Bertz CT molecular complexity index is 927. The van der Waals surface area contributed by atoms with Gasteiger partial charge >= 0.3 is 0 Å². The summed E-state index contributed by atoms with van der Waals surface area (Å²) in [5.41, 5.74) is 2.31. The molecule has 0 saturated carbocycles. The molecule has 2 aromatic carbocycles. The van der Waals surface area contributed by atoms with E-state index in [1.807, 2.05) is 30.3 Å². The SMILES string of the molecule is CC(=O)N1CC(C(=O)Nc2cc(Cl)ccc2N2CCCCC2)Oc2ccccc21. The molecular formula is C22H24ClN3O3. The Kier molecular flexibility index (Phi) is 5.62. The predicted octanol–water partition coefficient (Wildman–Crippen LogP) is 4.08. The third-order valence-electron chi connectivity index (χ3n) is 5.36. The maximum Gasteiger partial charge on any atom is 0.267 e. The number of rotatable bonds is 3. The molecule has 1 fully saturated rings. The molecule has 6 nitrogen and oxygen atoms in total. The molecule has 2 heterocycles. The largest absolute Gasteiger partial charge is 0.476 e. The number of piperidine rings is 1. The molecule has 2 aliphatic heterocycles. The summed E-state index contributed by atoms with van der Waals surface area (Å²) in [5, 5.41) is 3.54. The van der Waals surface area contributed by atoms with Crippen molar-refractivity contribution in [2.24, 2.45) is 0 Å². The molecule has 2 amide bonds. The van der Waals surface area contributed by atoms with Gasteiger partial charge in [0.15, 0.2) is 6.10 Å². The van der Waals surface area contributed by atoms with E-state index in [-0.39, 0.29) is 18.4 Å². The molecule has 7 heteroatoms. The third kappa shape index (κ3) is 4.17. The van der Waals surface area contributed by atoms with Gasteiger partial charge in [-0.25, -0.2) is 0 Å². The number of nitrogens with zero attached hydrogens (tertiary/aromatic N) is 2. The van der Waals surface area contributed by atoms with Crippen molar-refractivity contribution in [2.45, 2.75) is 32.3 Å². The number of anilines is 3. The van der Waals surface area contributed by atoms with Crippen molar-refractivity contribution in [3.8, 4) is 5.75 Å². The van der Waals surface area contributed by atoms with Crippen LogP contribution in [0.1, 0.15) is 26.2 Å². The van der Waals surface area contributed by atoms with E-state index in [1.54, 1.807) is 17.0 Å². The first-order valence-electron chi connectivity index (χ1n) is 9.92. The van der Waals surface area contributed by atoms with Crippen LogP contribution in [0.25, 0.3) is 0 Å². The molecular weight excluding hydrogens is 390 g/mol. The summed E-state index contributed by atoms with van der Waals surface area (Å²) in [6.45, 7) is 3.56. The molecule has 29 heavy (non-hydrogen) atoms. The fourth-order valence-electron chi connectivity index (χ4n) is 3.90. The standard InChI is InChI=1S/C22H24ClN3O3/c1-15(27)26-14-21(29-20-8-4-3-7-19(20)26)22(28)24-17-13-16(23)9-10-18(17)25-11-5-2-6-12-25/h3-4,7-10,13,21H,2,5-6,11-12,14H2,1H3,(H,24,28). The second-order valence-corrected chi connectivity index (χ2v) is 7.84. The minimum absolute atomic E-state index is 0.129. The quantitative estimate of drug-likeness (QED) is 0.823. The Morgan fingerprint density at radius 1 is 1.07 bits per heavy atom. The Morgan fingerprint density at radius 3 is 2.59 bits per heavy atom. The molecule has 1 atom stereocenters. The first-order valence-corrected chi connectivity index (χ1v) is 10.3. The lowest BCUT2D eigenvalue weighted by Crippen LogP contribution is -2.48. The minimum atomic E-state index is -0.804. The maximum absolute atomic E-state index is 13.1. The normalized spacial score (nSPS) is 18.6. The van der Waals surface area contributed by atoms with Gasteiger partial charge in [0.25, 0.3) is 5.91 Å². The van der Waals surface area contributed by atoms with Crippen molar-refractivity contribution < 1.29 is 14.3 Å². The molecule has 4 rings (SSSR count). The number of benzene rings is 2. The summed E-state index contributed by atoms with van der Waals surface area (Å²) in [4.78, 5) is 29.0. The number of fused-ring (bicyclic) bond motifs is 1. The molecule has 2 aliphatic rings. The number of halogens is 1. The maximum atomic E-state index is 13.1. The van der Waals surface area contributed by atoms with Gasteiger partial charge in [-0.3, -0.25) is 9.59 Å². The summed E-state index contributed by atoms with van der Waals surface area (Å²) >= 11 is 6.20. The molecule has 1 unspecified atom stereocenters. The predicted molar refractivity (Wildman–Crippen MR) is 115 cm³/mol. The zero-order valence-corrected chi connectivity index (χ0v) is 17.1. The second-order valence-electron chi connectivity index (χ2n) is 7.40. The first kappa shape index (κ1) is 19.6. The fraction of sp³-hybridized carbons (Fsp3) is 0.364. The van der Waals surface area contributed by atoms with Crippen molar-refractivity contribution in [3.63, 3.8) is 0 Å². The van der Waals surface area contributed by atoms with Gasteiger partial charge in [0.1, 0.15) is 5.75 Å². The van der Waals surface area contributed by atoms with Crippen LogP contribution in [0, 0.1) is 0 Å². The van der Waals surface area contributed by atoms with Gasteiger partial charge < -0.3 is 19.9 Å². The van der Waals surface area contributed by atoms with Gasteiger partial charge in [-0.15, -0.1) is 0 Å². The highest BCUT2D eigenvalue weighted by molar-refractivity contribution is 6.31. The van der Waals surface area contributed by atoms with Gasteiger partial charge in [0.2, 0.25) is 5.91 Å². The highest BCUT2D eigenvalue weighted by Crippen LogP contribution is 2.35. The average Bonchev–Trinajstić information content (AvgIpc) is 2.73. The van der Waals surface area contributed by atoms with E-state index in [0.717, 1.165) is 31.6 Å². The van der Waals surface area contributed by atoms with Crippen molar-refractivity contribution in [3.05, 3.63) is 47.5 Å². The zero-order valence-electron chi connectivity index (χ0n) is 16.4. The summed E-state index contributed by atoms with van der Waals surface area (Å²) in [7, 11) is 0. The minimum Gasteiger partial charge on any atom is -0.476 e. The highest BCUT2D eigenvalue weighted by atomic mass is 35.5. The van der Waals surface area contributed by atoms with Crippen LogP contribution in [-0.4, -0.2) is 37.6 Å². The monoisotopic (exact) mass is 413 g/mol. The van der Waals surface area contributed by atoms with Gasteiger partial charge in [-0.1, -0.05) is 23.7 Å². The summed E-state index contributed by atoms with van der Waals surface area (Å²) < 4.78 is 5.91. The van der Waals surface area contributed by atoms with E-state index in [2.05, 4.69) is 10.2 Å². The van der Waals surface area contributed by atoms with Gasteiger partial charge in [0, 0.05) is 25.0 Å². The van der Waals surface area contributed by atoms with Crippen molar-refractivity contribution in [1.82, 2.24) is 0 Å². The van der Waals surface area contributed by atoms with Crippen LogP contribution in [0.2, 0.25) is 5.02 Å². The smallest absolute Gasteiger partial charge is 0.267 e. The highest BCUT2D eigenvalue weighted by Gasteiger charge is 2.33. The fourth-order valence-corrected chi connectivity index (χ4v) is 4.07. The lowest BCUT2D eigenvalue weighted by molar-refractivity contribution is -0.123. The Morgan fingerprint density at radius 2 is 1.83 bits per heavy atom. The molecule has 1 saturated heterocycles.